The number of benzene rings is 1. The van der Waals surface area contributed by atoms with Gasteiger partial charge in [-0.2, -0.15) is 0 Å². The van der Waals surface area contributed by atoms with Gasteiger partial charge in [-0.3, -0.25) is 4.79 Å². The van der Waals surface area contributed by atoms with Gasteiger partial charge in [0, 0.05) is 18.1 Å². The molecule has 0 heterocycles. The second-order valence-corrected chi connectivity index (χ2v) is 5.31. The second-order valence-electron chi connectivity index (χ2n) is 5.31. The lowest BCUT2D eigenvalue weighted by Gasteiger charge is -2.03. The van der Waals surface area contributed by atoms with Gasteiger partial charge < -0.3 is 0 Å². The molecule has 0 aliphatic rings. The number of unbranched alkanes of at least 4 members (excludes halogenated alkanes) is 7. The minimum atomic E-state index is -0.690. The van der Waals surface area contributed by atoms with Crippen molar-refractivity contribution in [1.82, 2.24) is 0 Å². The highest BCUT2D eigenvalue weighted by molar-refractivity contribution is 5.96. The first kappa shape index (κ1) is 16.8. The Bertz CT molecular complexity index is 395. The smallest absolute Gasteiger partial charge is 0.163 e. The Morgan fingerprint density at radius 3 is 1.90 bits per heavy atom. The summed E-state index contributed by atoms with van der Waals surface area (Å²) in [5.74, 6) is -1.55. The average Bonchev–Trinajstić information content (AvgIpc) is 2.40. The van der Waals surface area contributed by atoms with Gasteiger partial charge in [-0.05, 0) is 18.6 Å². The highest BCUT2D eigenvalue weighted by Crippen LogP contribution is 2.14. The first-order chi connectivity index (χ1) is 9.63. The van der Waals surface area contributed by atoms with E-state index in [1.54, 1.807) is 0 Å². The summed E-state index contributed by atoms with van der Waals surface area (Å²) in [7, 11) is 0. The largest absolute Gasteiger partial charge is 0.294 e. The molecule has 0 fully saturated rings. The Hall–Kier alpha value is -1.25. The third-order valence-corrected chi connectivity index (χ3v) is 3.44. The van der Waals surface area contributed by atoms with Crippen molar-refractivity contribution in [3.63, 3.8) is 0 Å². The molecule has 1 aromatic rings. The van der Waals surface area contributed by atoms with Crippen molar-refractivity contribution >= 4 is 5.78 Å². The average molecular weight is 282 g/mol. The zero-order valence-electron chi connectivity index (χ0n) is 12.3. The molecule has 0 aliphatic carbocycles. The third kappa shape index (κ3) is 6.78. The number of halogens is 2. The number of Topliss-reactive ketones (excluding diaryl/α,β-unsaturated/α-hetero) is 1. The fraction of sp³-hybridized carbons (Fsp3) is 0.588. The van der Waals surface area contributed by atoms with E-state index in [4.69, 9.17) is 0 Å². The zero-order valence-corrected chi connectivity index (χ0v) is 12.3. The van der Waals surface area contributed by atoms with E-state index in [0.29, 0.717) is 6.42 Å². The molecule has 0 aromatic heterocycles. The van der Waals surface area contributed by atoms with Gasteiger partial charge in [0.25, 0.3) is 0 Å². The normalized spacial score (nSPS) is 10.8. The Morgan fingerprint density at radius 1 is 0.850 bits per heavy atom. The van der Waals surface area contributed by atoms with Crippen LogP contribution in [0.1, 0.15) is 75.1 Å². The lowest BCUT2D eigenvalue weighted by Crippen LogP contribution is -2.00. The van der Waals surface area contributed by atoms with Crippen LogP contribution in [0.2, 0.25) is 0 Å². The van der Waals surface area contributed by atoms with Crippen LogP contribution in [-0.4, -0.2) is 5.78 Å². The van der Waals surface area contributed by atoms with E-state index in [1.807, 2.05) is 0 Å². The number of ketones is 1. The molecule has 112 valence electrons. The molecule has 20 heavy (non-hydrogen) atoms. The van der Waals surface area contributed by atoms with Gasteiger partial charge >= 0.3 is 0 Å². The number of carbonyl (C=O) groups excluding carboxylic acids is 1. The molecule has 0 aliphatic heterocycles. The lowest BCUT2D eigenvalue weighted by molar-refractivity contribution is 0.0978. The van der Waals surface area contributed by atoms with Gasteiger partial charge in [0.15, 0.2) is 5.78 Å². The summed E-state index contributed by atoms with van der Waals surface area (Å²) >= 11 is 0. The fourth-order valence-corrected chi connectivity index (χ4v) is 2.28. The molecule has 0 saturated heterocycles. The zero-order chi connectivity index (χ0) is 14.8. The molecule has 0 spiro atoms. The van der Waals surface area contributed by atoms with Crippen molar-refractivity contribution in [3.05, 3.63) is 35.4 Å². The maximum atomic E-state index is 13.0. The van der Waals surface area contributed by atoms with Crippen LogP contribution in [0.25, 0.3) is 0 Å². The quantitative estimate of drug-likeness (QED) is 0.398. The first-order valence-electron chi connectivity index (χ1n) is 7.62. The Kier molecular flexibility index (Phi) is 8.08. The van der Waals surface area contributed by atoms with Crippen molar-refractivity contribution in [2.45, 2.75) is 64.7 Å². The van der Waals surface area contributed by atoms with Gasteiger partial charge in [0.05, 0.1) is 0 Å². The predicted octanol–water partition coefficient (Wildman–Crippen LogP) is 5.68. The fourth-order valence-electron chi connectivity index (χ4n) is 2.28. The van der Waals surface area contributed by atoms with Crippen molar-refractivity contribution in [2.75, 3.05) is 0 Å². The van der Waals surface area contributed by atoms with Crippen LogP contribution in [0.4, 0.5) is 8.78 Å². The van der Waals surface area contributed by atoms with Gasteiger partial charge in [0.2, 0.25) is 0 Å². The highest BCUT2D eigenvalue weighted by Gasteiger charge is 2.08. The monoisotopic (exact) mass is 282 g/mol. The Labute approximate surface area is 120 Å². The summed E-state index contributed by atoms with van der Waals surface area (Å²) < 4.78 is 26.0. The number of hydrogen-bond donors (Lipinski definition) is 0. The van der Waals surface area contributed by atoms with Crippen LogP contribution in [0, 0.1) is 11.6 Å². The van der Waals surface area contributed by atoms with E-state index >= 15 is 0 Å². The Morgan fingerprint density at radius 2 is 1.35 bits per heavy atom. The van der Waals surface area contributed by atoms with Crippen LogP contribution in [0.5, 0.6) is 0 Å². The molecule has 0 atom stereocenters. The molecular weight excluding hydrogens is 258 g/mol. The SMILES string of the molecule is CCCCCCCCCCC(=O)c1cc(F)cc(F)c1. The van der Waals surface area contributed by atoms with E-state index in [1.165, 1.54) is 32.1 Å². The van der Waals surface area contributed by atoms with Crippen LogP contribution in [0.3, 0.4) is 0 Å². The van der Waals surface area contributed by atoms with Crippen LogP contribution in [-0.2, 0) is 0 Å². The predicted molar refractivity (Wildman–Crippen MR) is 77.9 cm³/mol. The van der Waals surface area contributed by atoms with Crippen molar-refractivity contribution in [2.24, 2.45) is 0 Å². The summed E-state index contributed by atoms with van der Waals surface area (Å²) in [5.41, 5.74) is 0.144. The molecule has 0 unspecified atom stereocenters. The molecule has 1 nitrogen and oxygen atoms in total. The minimum absolute atomic E-state index is 0.144. The summed E-state index contributed by atoms with van der Waals surface area (Å²) in [6.07, 6.45) is 9.62. The summed E-state index contributed by atoms with van der Waals surface area (Å²) in [6.45, 7) is 2.20. The van der Waals surface area contributed by atoms with E-state index in [2.05, 4.69) is 6.92 Å². The van der Waals surface area contributed by atoms with Gasteiger partial charge in [-0.1, -0.05) is 51.9 Å². The molecule has 0 N–H and O–H groups in total. The molecule has 1 aromatic carbocycles. The topological polar surface area (TPSA) is 17.1 Å². The van der Waals surface area contributed by atoms with E-state index in [9.17, 15) is 13.6 Å². The van der Waals surface area contributed by atoms with E-state index in [-0.39, 0.29) is 11.3 Å². The number of hydrogen-bond acceptors (Lipinski definition) is 1. The van der Waals surface area contributed by atoms with Gasteiger partial charge in [-0.15, -0.1) is 0 Å². The summed E-state index contributed by atoms with van der Waals surface area (Å²) in [4.78, 5) is 11.8. The Balaban J connectivity index is 2.17. The van der Waals surface area contributed by atoms with E-state index < -0.39 is 11.6 Å². The molecule has 3 heteroatoms. The molecular formula is C17H24F2O. The summed E-state index contributed by atoms with van der Waals surface area (Å²) in [5, 5.41) is 0. The van der Waals surface area contributed by atoms with Crippen molar-refractivity contribution in [3.8, 4) is 0 Å². The number of rotatable bonds is 10. The number of carbonyl (C=O) groups is 1. The van der Waals surface area contributed by atoms with Crippen LogP contribution >= 0.6 is 0 Å². The molecule has 1 rings (SSSR count). The maximum absolute atomic E-state index is 13.0. The standard InChI is InChI=1S/C17H24F2O/c1-2-3-4-5-6-7-8-9-10-17(20)14-11-15(18)13-16(19)12-14/h11-13H,2-10H2,1H3. The first-order valence-corrected chi connectivity index (χ1v) is 7.62. The van der Waals surface area contributed by atoms with E-state index in [0.717, 1.165) is 37.5 Å². The van der Waals surface area contributed by atoms with Crippen molar-refractivity contribution in [1.29, 1.82) is 0 Å². The van der Waals surface area contributed by atoms with Crippen molar-refractivity contribution < 1.29 is 13.6 Å². The lowest BCUT2D eigenvalue weighted by atomic mass is 10.0. The van der Waals surface area contributed by atoms with Gasteiger partial charge in [-0.25, -0.2) is 8.78 Å². The third-order valence-electron chi connectivity index (χ3n) is 3.44. The minimum Gasteiger partial charge on any atom is -0.294 e. The summed E-state index contributed by atoms with van der Waals surface area (Å²) in [6, 6.07) is 3.00. The molecule has 0 saturated carbocycles. The molecule has 0 amide bonds. The maximum Gasteiger partial charge on any atom is 0.163 e. The van der Waals surface area contributed by atoms with Crippen LogP contribution in [0.15, 0.2) is 18.2 Å². The molecule has 0 bridgehead atoms. The molecule has 0 radical (unpaired) electrons. The second kappa shape index (κ2) is 9.62. The van der Waals surface area contributed by atoms with Crippen LogP contribution < -0.4 is 0 Å². The van der Waals surface area contributed by atoms with Gasteiger partial charge in [0.1, 0.15) is 11.6 Å². The highest BCUT2D eigenvalue weighted by atomic mass is 19.1.